The van der Waals surface area contributed by atoms with Crippen LogP contribution in [-0.4, -0.2) is 68.0 Å². The van der Waals surface area contributed by atoms with Crippen LogP contribution in [-0.2, 0) is 19.2 Å². The number of hydrogen-bond donors (Lipinski definition) is 2. The molecule has 0 unspecified atom stereocenters. The average Bonchev–Trinajstić information content (AvgIpc) is 3.10. The zero-order chi connectivity index (χ0) is 18.1. The third kappa shape index (κ3) is 3.07. The first-order chi connectivity index (χ1) is 12.0. The van der Waals surface area contributed by atoms with Gasteiger partial charge in [-0.25, -0.2) is 4.79 Å². The van der Waals surface area contributed by atoms with Crippen molar-refractivity contribution < 1.29 is 24.3 Å². The molecule has 3 heterocycles. The summed E-state index contributed by atoms with van der Waals surface area (Å²) in [6.07, 6.45) is 0. The maximum atomic E-state index is 12.4. The van der Waals surface area contributed by atoms with Gasteiger partial charge in [-0.2, -0.15) is 0 Å². The molecule has 0 bridgehead atoms. The number of carbonyl (C=O) groups excluding carboxylic acids is 2. The van der Waals surface area contributed by atoms with E-state index in [0.29, 0.717) is 0 Å². The third-order valence-corrected chi connectivity index (χ3v) is 5.82. The van der Waals surface area contributed by atoms with Gasteiger partial charge in [0, 0.05) is 5.75 Å². The second-order valence-corrected chi connectivity index (χ2v) is 7.18. The molecule has 1 aromatic rings. The van der Waals surface area contributed by atoms with Crippen molar-refractivity contribution in [3.05, 3.63) is 21.2 Å². The highest BCUT2D eigenvalue weighted by Gasteiger charge is 2.54. The van der Waals surface area contributed by atoms with Crippen molar-refractivity contribution in [2.45, 2.75) is 11.4 Å². The van der Waals surface area contributed by atoms with Crippen LogP contribution in [0.4, 0.5) is 0 Å². The monoisotopic (exact) mass is 403 g/mol. The fourth-order valence-corrected chi connectivity index (χ4v) is 4.42. The van der Waals surface area contributed by atoms with Gasteiger partial charge in [0.1, 0.15) is 29.7 Å². The van der Waals surface area contributed by atoms with Crippen LogP contribution in [0, 0.1) is 0 Å². The molecule has 0 saturated carbocycles. The molecule has 10 nitrogen and oxygen atoms in total. The molecule has 3 rings (SSSR count). The molecule has 1 aromatic heterocycles. The van der Waals surface area contributed by atoms with Crippen LogP contribution >= 0.6 is 34.7 Å². The Morgan fingerprint density at radius 2 is 2.32 bits per heavy atom. The maximum Gasteiger partial charge on any atom is 0.353 e. The van der Waals surface area contributed by atoms with Gasteiger partial charge >= 0.3 is 5.97 Å². The van der Waals surface area contributed by atoms with Gasteiger partial charge in [-0.05, 0) is 0 Å². The number of carboxylic acids is 1. The lowest BCUT2D eigenvalue weighted by molar-refractivity contribution is -0.150. The minimum absolute atomic E-state index is 0.0855. The molecule has 0 aromatic carbocycles. The summed E-state index contributed by atoms with van der Waals surface area (Å²) in [6.45, 7) is 0. The highest BCUT2D eigenvalue weighted by molar-refractivity contribution is 8.00. The molecule has 2 aliphatic heterocycles. The Morgan fingerprint density at radius 1 is 1.56 bits per heavy atom. The summed E-state index contributed by atoms with van der Waals surface area (Å²) < 4.78 is 0. The summed E-state index contributed by atoms with van der Waals surface area (Å²) in [6, 6.07) is -0.897. The Bertz CT molecular complexity index is 796. The van der Waals surface area contributed by atoms with Gasteiger partial charge in [-0.15, -0.1) is 22.0 Å². The summed E-state index contributed by atoms with van der Waals surface area (Å²) >= 11 is 8.24. The number of rotatable bonds is 5. The largest absolute Gasteiger partial charge is 0.477 e. The Labute approximate surface area is 153 Å². The van der Waals surface area contributed by atoms with E-state index in [1.54, 1.807) is 0 Å². The molecule has 0 spiro atoms. The summed E-state index contributed by atoms with van der Waals surface area (Å²) in [5, 5.41) is 22.5. The smallest absolute Gasteiger partial charge is 0.353 e. The summed E-state index contributed by atoms with van der Waals surface area (Å²) in [5.74, 6) is -2.28. The number of carboxylic acid groups (broad SMARTS) is 1. The number of aromatic nitrogens is 2. The van der Waals surface area contributed by atoms with Crippen LogP contribution in [0.5, 0.6) is 0 Å². The Morgan fingerprint density at radius 3 is 2.92 bits per heavy atom. The fraction of sp³-hybridized carbons (Fsp3) is 0.333. The predicted molar refractivity (Wildman–Crippen MR) is 89.0 cm³/mol. The summed E-state index contributed by atoms with van der Waals surface area (Å²) in [5.41, 5.74) is 1.05. The van der Waals surface area contributed by atoms with E-state index in [1.165, 1.54) is 24.4 Å². The number of amides is 2. The van der Waals surface area contributed by atoms with E-state index < -0.39 is 29.2 Å². The SMILES string of the molecule is CO/N=C(\C(=O)N[C@@H]1C(=O)N2C(C(=O)O)=C(Cl)CS[C@H]12)c1nncs1. The molecular formula is C12H10ClN5O5S2. The number of β-lactam (4-membered cyclic amide) rings is 1. The van der Waals surface area contributed by atoms with E-state index in [0.717, 1.165) is 16.2 Å². The van der Waals surface area contributed by atoms with Gasteiger partial charge in [-0.1, -0.05) is 28.1 Å². The molecule has 0 aliphatic carbocycles. The van der Waals surface area contributed by atoms with Gasteiger partial charge in [0.2, 0.25) is 5.71 Å². The molecule has 1 saturated heterocycles. The minimum atomic E-state index is -1.29. The third-order valence-electron chi connectivity index (χ3n) is 3.37. The topological polar surface area (TPSA) is 134 Å². The first-order valence-electron chi connectivity index (χ1n) is 6.71. The second-order valence-electron chi connectivity index (χ2n) is 4.79. The number of aliphatic carboxylic acids is 1. The molecular weight excluding hydrogens is 394 g/mol. The number of oxime groups is 1. The lowest BCUT2D eigenvalue weighted by atomic mass is 10.0. The van der Waals surface area contributed by atoms with Crippen LogP contribution in [0.15, 0.2) is 21.4 Å². The number of hydrogen-bond acceptors (Lipinski definition) is 9. The predicted octanol–water partition coefficient (Wildman–Crippen LogP) is -0.176. The van der Waals surface area contributed by atoms with Crippen LogP contribution in [0.3, 0.4) is 0 Å². The molecule has 132 valence electrons. The van der Waals surface area contributed by atoms with Crippen LogP contribution < -0.4 is 5.32 Å². The summed E-state index contributed by atoms with van der Waals surface area (Å²) in [7, 11) is 1.27. The maximum absolute atomic E-state index is 12.4. The minimum Gasteiger partial charge on any atom is -0.477 e. The van der Waals surface area contributed by atoms with Crippen molar-refractivity contribution in [2.75, 3.05) is 12.9 Å². The zero-order valence-corrected chi connectivity index (χ0v) is 14.9. The number of thioether (sulfide) groups is 1. The van der Waals surface area contributed by atoms with Gasteiger partial charge < -0.3 is 15.3 Å². The van der Waals surface area contributed by atoms with Crippen molar-refractivity contribution in [2.24, 2.45) is 5.16 Å². The van der Waals surface area contributed by atoms with Gasteiger partial charge in [0.25, 0.3) is 11.8 Å². The van der Waals surface area contributed by atoms with Gasteiger partial charge in [0.05, 0.1) is 5.03 Å². The average molecular weight is 404 g/mol. The molecule has 1 fully saturated rings. The van der Waals surface area contributed by atoms with Crippen LogP contribution in [0.2, 0.25) is 0 Å². The van der Waals surface area contributed by atoms with E-state index >= 15 is 0 Å². The molecule has 2 atom stereocenters. The normalized spacial score (nSPS) is 23.0. The van der Waals surface area contributed by atoms with Crippen molar-refractivity contribution in [1.29, 1.82) is 0 Å². The highest BCUT2D eigenvalue weighted by Crippen LogP contribution is 2.41. The number of nitrogens with one attached hydrogen (secondary N) is 1. The van der Waals surface area contributed by atoms with E-state index in [1.807, 2.05) is 0 Å². The van der Waals surface area contributed by atoms with Crippen molar-refractivity contribution in [3.63, 3.8) is 0 Å². The summed E-state index contributed by atoms with van der Waals surface area (Å²) in [4.78, 5) is 41.7. The van der Waals surface area contributed by atoms with Gasteiger partial charge in [0.15, 0.2) is 5.01 Å². The van der Waals surface area contributed by atoms with Gasteiger partial charge in [-0.3, -0.25) is 14.5 Å². The number of carbonyl (C=O) groups is 3. The van der Waals surface area contributed by atoms with E-state index in [4.69, 9.17) is 11.6 Å². The highest BCUT2D eigenvalue weighted by atomic mass is 35.5. The van der Waals surface area contributed by atoms with Crippen molar-refractivity contribution in [1.82, 2.24) is 20.4 Å². The Kier molecular flexibility index (Phi) is 4.92. The van der Waals surface area contributed by atoms with Crippen LogP contribution in [0.1, 0.15) is 5.01 Å². The first-order valence-corrected chi connectivity index (χ1v) is 9.01. The molecule has 25 heavy (non-hydrogen) atoms. The lowest BCUT2D eigenvalue weighted by Crippen LogP contribution is -2.70. The lowest BCUT2D eigenvalue weighted by Gasteiger charge is -2.48. The number of nitrogens with zero attached hydrogens (tertiary/aromatic N) is 4. The molecule has 0 radical (unpaired) electrons. The van der Waals surface area contributed by atoms with E-state index in [2.05, 4.69) is 25.5 Å². The molecule has 13 heteroatoms. The second kappa shape index (κ2) is 6.98. The standard InChI is InChI=1S/C12H10ClN5O5S2/c1-23-17-5(9-16-14-3-25-9)8(19)15-6-10(20)18-7(12(21)22)4(13)2-24-11(6)18/h3,6,11H,2H2,1H3,(H,15,19)(H,21,22)/b17-5+/t6-,11-/m1/s1. The quantitative estimate of drug-likeness (QED) is 0.393. The van der Waals surface area contributed by atoms with Crippen molar-refractivity contribution >= 4 is 58.2 Å². The molecule has 2 aliphatic rings. The van der Waals surface area contributed by atoms with E-state index in [-0.39, 0.29) is 27.2 Å². The molecule has 2 amide bonds. The first kappa shape index (κ1) is 17.6. The van der Waals surface area contributed by atoms with E-state index in [9.17, 15) is 19.5 Å². The van der Waals surface area contributed by atoms with Crippen LogP contribution in [0.25, 0.3) is 0 Å². The fourth-order valence-electron chi connectivity index (χ4n) is 2.34. The Balaban J connectivity index is 1.77. The molecule has 2 N–H and O–H groups in total. The number of fused-ring (bicyclic) bond motifs is 1. The van der Waals surface area contributed by atoms with Crippen molar-refractivity contribution in [3.8, 4) is 0 Å². The number of halogens is 1. The Hall–Kier alpha value is -2.18. The zero-order valence-electron chi connectivity index (χ0n) is 12.5.